The minimum atomic E-state index is 0.531. The third kappa shape index (κ3) is 9.90. The zero-order valence-corrected chi connectivity index (χ0v) is 17.4. The first-order chi connectivity index (χ1) is 13.2. The van der Waals surface area contributed by atoms with Gasteiger partial charge in [-0.1, -0.05) is 33.8 Å². The molecule has 0 bridgehead atoms. The number of pyridine rings is 1. The molecular formula is C21H34BN3O2. The van der Waals surface area contributed by atoms with Gasteiger partial charge in [-0.25, -0.2) is 4.98 Å². The summed E-state index contributed by atoms with van der Waals surface area (Å²) in [5.74, 6) is 1.37. The summed E-state index contributed by atoms with van der Waals surface area (Å²) in [5.41, 5.74) is 7.52. The molecule has 2 N–H and O–H groups in total. The van der Waals surface area contributed by atoms with Gasteiger partial charge in [0.2, 0.25) is 0 Å². The van der Waals surface area contributed by atoms with Crippen LogP contribution in [0.15, 0.2) is 42.5 Å². The first-order valence-corrected chi connectivity index (χ1v) is 9.76. The van der Waals surface area contributed by atoms with Crippen LogP contribution >= 0.6 is 0 Å². The number of rotatable bonds is 4. The molecule has 0 saturated carbocycles. The number of nitrogens with zero attached hydrogens (tertiary/aromatic N) is 2. The van der Waals surface area contributed by atoms with Crippen molar-refractivity contribution in [1.29, 1.82) is 0 Å². The van der Waals surface area contributed by atoms with Gasteiger partial charge in [-0.15, -0.1) is 0 Å². The maximum absolute atomic E-state index is 9.92. The van der Waals surface area contributed by atoms with E-state index in [4.69, 9.17) is 10.5 Å². The van der Waals surface area contributed by atoms with Gasteiger partial charge in [0.15, 0.2) is 0 Å². The van der Waals surface area contributed by atoms with Crippen molar-refractivity contribution in [3.63, 3.8) is 0 Å². The predicted molar refractivity (Wildman–Crippen MR) is 115 cm³/mol. The molecule has 148 valence electrons. The second-order valence-electron chi connectivity index (χ2n) is 5.35. The first-order valence-electron chi connectivity index (χ1n) is 9.76. The summed E-state index contributed by atoms with van der Waals surface area (Å²) >= 11 is 0. The van der Waals surface area contributed by atoms with E-state index in [0.29, 0.717) is 12.3 Å². The molecule has 1 aliphatic heterocycles. The summed E-state index contributed by atoms with van der Waals surface area (Å²) in [6, 6.07) is 13.3. The molecule has 1 aromatic carbocycles. The van der Waals surface area contributed by atoms with Crippen molar-refractivity contribution in [3.8, 4) is 17.0 Å². The molecule has 0 atom stereocenters. The van der Waals surface area contributed by atoms with E-state index >= 15 is 0 Å². The molecule has 6 heteroatoms. The SMILES string of the molecule is CC.CC.COc1ccc(-c2cccc(N)n2)cc1.O=BCN1CCCC1. The van der Waals surface area contributed by atoms with E-state index < -0.39 is 0 Å². The fourth-order valence-electron chi connectivity index (χ4n) is 2.44. The summed E-state index contributed by atoms with van der Waals surface area (Å²) in [4.78, 5) is 6.41. The Morgan fingerprint density at radius 2 is 1.63 bits per heavy atom. The summed E-state index contributed by atoms with van der Waals surface area (Å²) in [7, 11) is 2.62. The molecule has 1 saturated heterocycles. The number of nitrogen functional groups attached to an aromatic ring is 1. The molecule has 27 heavy (non-hydrogen) atoms. The van der Waals surface area contributed by atoms with Crippen LogP contribution in [0.3, 0.4) is 0 Å². The Bertz CT molecular complexity index is 615. The topological polar surface area (TPSA) is 68.5 Å². The molecule has 0 spiro atoms. The van der Waals surface area contributed by atoms with E-state index in [-0.39, 0.29) is 0 Å². The Labute approximate surface area is 165 Å². The van der Waals surface area contributed by atoms with Crippen LogP contribution in [-0.4, -0.2) is 43.7 Å². The predicted octanol–water partition coefficient (Wildman–Crippen LogP) is 4.48. The van der Waals surface area contributed by atoms with E-state index in [1.165, 1.54) is 12.8 Å². The van der Waals surface area contributed by atoms with Gasteiger partial charge >= 0.3 is 49.1 Å². The van der Waals surface area contributed by atoms with Gasteiger partial charge in [0, 0.05) is 5.56 Å². The van der Waals surface area contributed by atoms with Crippen LogP contribution in [0.5, 0.6) is 5.75 Å². The van der Waals surface area contributed by atoms with Crippen molar-refractivity contribution in [1.82, 2.24) is 9.88 Å². The monoisotopic (exact) mass is 371 g/mol. The fourth-order valence-corrected chi connectivity index (χ4v) is 2.44. The number of benzene rings is 1. The molecule has 0 aliphatic carbocycles. The van der Waals surface area contributed by atoms with Crippen LogP contribution in [0, 0.1) is 0 Å². The molecular weight excluding hydrogens is 337 g/mol. The molecule has 2 heterocycles. The van der Waals surface area contributed by atoms with Crippen molar-refractivity contribution in [2.24, 2.45) is 0 Å². The number of nitrogens with two attached hydrogens (primary N) is 1. The Morgan fingerprint density at radius 1 is 1.04 bits per heavy atom. The number of ether oxygens (including phenoxy) is 1. The number of hydrogen-bond acceptors (Lipinski definition) is 5. The Balaban J connectivity index is 0.000000477. The summed E-state index contributed by atoms with van der Waals surface area (Å²) in [6.07, 6.45) is 3.18. The summed E-state index contributed by atoms with van der Waals surface area (Å²) in [6.45, 7) is 10.2. The van der Waals surface area contributed by atoms with E-state index in [0.717, 1.165) is 37.2 Å². The van der Waals surface area contributed by atoms with Crippen LogP contribution in [0.25, 0.3) is 11.3 Å². The molecule has 1 fully saturated rings. The van der Waals surface area contributed by atoms with Gasteiger partial charge in [-0.3, -0.25) is 0 Å². The van der Waals surface area contributed by atoms with Crippen LogP contribution in [-0.2, 0) is 4.70 Å². The Morgan fingerprint density at radius 3 is 2.11 bits per heavy atom. The number of methoxy groups -OCH3 is 1. The zero-order chi connectivity index (χ0) is 20.5. The number of anilines is 1. The van der Waals surface area contributed by atoms with Crippen molar-refractivity contribution in [3.05, 3.63) is 42.5 Å². The van der Waals surface area contributed by atoms with Gasteiger partial charge in [0.25, 0.3) is 0 Å². The van der Waals surface area contributed by atoms with E-state index in [9.17, 15) is 4.70 Å². The molecule has 3 rings (SSSR count). The van der Waals surface area contributed by atoms with Gasteiger partial charge in [-0.05, 0) is 36.4 Å². The average molecular weight is 371 g/mol. The van der Waals surface area contributed by atoms with Crippen LogP contribution in [0.4, 0.5) is 5.82 Å². The zero-order valence-electron chi connectivity index (χ0n) is 17.4. The first kappa shape index (κ1) is 24.8. The molecule has 1 aromatic heterocycles. The van der Waals surface area contributed by atoms with Gasteiger partial charge in [-0.2, -0.15) is 0 Å². The maximum atomic E-state index is 9.92. The molecule has 1 aliphatic rings. The van der Waals surface area contributed by atoms with Crippen molar-refractivity contribution < 1.29 is 9.44 Å². The third-order valence-corrected chi connectivity index (χ3v) is 3.69. The molecule has 2 aromatic rings. The van der Waals surface area contributed by atoms with Gasteiger partial charge in [0.1, 0.15) is 11.6 Å². The van der Waals surface area contributed by atoms with E-state index in [1.54, 1.807) is 13.2 Å². The van der Waals surface area contributed by atoms with Crippen LogP contribution in [0.1, 0.15) is 40.5 Å². The quantitative estimate of drug-likeness (QED) is 0.803. The Kier molecular flexibility index (Phi) is 14.7. The number of aromatic nitrogens is 1. The molecule has 0 radical (unpaired) electrons. The van der Waals surface area contributed by atoms with Crippen LogP contribution in [0.2, 0.25) is 0 Å². The Hall–Kier alpha value is -2.21. The van der Waals surface area contributed by atoms with Gasteiger partial charge in [0.05, 0.1) is 12.8 Å². The molecule has 5 nitrogen and oxygen atoms in total. The molecule has 0 amide bonds. The normalized spacial score (nSPS) is 12.2. The van der Waals surface area contributed by atoms with E-state index in [2.05, 4.69) is 9.88 Å². The minimum absolute atomic E-state index is 0.531. The summed E-state index contributed by atoms with van der Waals surface area (Å²) in [5, 5.41) is 0. The van der Waals surface area contributed by atoms with Crippen molar-refractivity contribution in [2.75, 3.05) is 32.4 Å². The van der Waals surface area contributed by atoms with Crippen molar-refractivity contribution >= 4 is 13.0 Å². The summed E-state index contributed by atoms with van der Waals surface area (Å²) < 4.78 is 15.0. The third-order valence-electron chi connectivity index (χ3n) is 3.69. The van der Waals surface area contributed by atoms with Crippen LogP contribution < -0.4 is 10.5 Å². The van der Waals surface area contributed by atoms with E-state index in [1.807, 2.05) is 64.1 Å². The number of likely N-dealkylation sites (tertiary alicyclic amines) is 1. The van der Waals surface area contributed by atoms with Crippen molar-refractivity contribution in [2.45, 2.75) is 40.5 Å². The second-order valence-corrected chi connectivity index (χ2v) is 5.35. The second kappa shape index (κ2) is 16.0. The molecule has 0 unspecified atom stereocenters. The average Bonchev–Trinajstić information content (AvgIpc) is 3.25. The number of hydrogen-bond donors (Lipinski definition) is 1. The standard InChI is InChI=1S/C12H12N2O.C5H10BNO.2C2H6/c1-15-10-7-5-9(6-8-10)11-3-2-4-12(13)14-11;8-6-5-7-3-1-2-4-7;2*1-2/h2-8H,1H3,(H2,13,14);1-5H2;2*1-2H3. The fraction of sp³-hybridized carbons (Fsp3) is 0.476. The van der Waals surface area contributed by atoms with Gasteiger partial charge < -0.3 is 10.5 Å².